The SMILES string of the molecule is CCCCC(CN)NC(=O)c1c(C)c2cc(Br)ccc2oc1=O.Cl. The smallest absolute Gasteiger partial charge is 0.349 e. The van der Waals surface area contributed by atoms with Crippen molar-refractivity contribution in [1.29, 1.82) is 0 Å². The van der Waals surface area contributed by atoms with E-state index in [0.29, 0.717) is 17.7 Å². The van der Waals surface area contributed by atoms with Gasteiger partial charge in [0.15, 0.2) is 0 Å². The van der Waals surface area contributed by atoms with Crippen LogP contribution >= 0.6 is 28.3 Å². The molecule has 0 aliphatic carbocycles. The van der Waals surface area contributed by atoms with E-state index >= 15 is 0 Å². The van der Waals surface area contributed by atoms with E-state index in [-0.39, 0.29) is 24.0 Å². The van der Waals surface area contributed by atoms with Crippen molar-refractivity contribution in [1.82, 2.24) is 5.32 Å². The molecule has 1 unspecified atom stereocenters. The van der Waals surface area contributed by atoms with Crippen molar-refractivity contribution in [2.75, 3.05) is 6.54 Å². The number of halogens is 2. The van der Waals surface area contributed by atoms with Gasteiger partial charge in [0.1, 0.15) is 11.1 Å². The molecule has 2 aromatic rings. The van der Waals surface area contributed by atoms with Crippen LogP contribution in [-0.4, -0.2) is 18.5 Å². The second kappa shape index (κ2) is 9.20. The summed E-state index contributed by atoms with van der Waals surface area (Å²) in [5, 5.41) is 3.58. The Morgan fingerprint density at radius 1 is 1.42 bits per heavy atom. The van der Waals surface area contributed by atoms with Crippen LogP contribution in [0.15, 0.2) is 31.9 Å². The third kappa shape index (κ3) is 4.59. The number of hydrogen-bond acceptors (Lipinski definition) is 4. The molecule has 1 atom stereocenters. The van der Waals surface area contributed by atoms with Crippen molar-refractivity contribution in [2.24, 2.45) is 5.73 Å². The molecule has 3 N–H and O–H groups in total. The van der Waals surface area contributed by atoms with E-state index in [1.807, 2.05) is 6.07 Å². The molecule has 0 spiro atoms. The van der Waals surface area contributed by atoms with Gasteiger partial charge in [-0.1, -0.05) is 35.7 Å². The molecule has 0 radical (unpaired) electrons. The number of nitrogens with two attached hydrogens (primary N) is 1. The molecule has 5 nitrogen and oxygen atoms in total. The Labute approximate surface area is 155 Å². The van der Waals surface area contributed by atoms with E-state index in [1.165, 1.54) is 0 Å². The molecular weight excluding hydrogens is 396 g/mol. The molecule has 0 aliphatic heterocycles. The lowest BCUT2D eigenvalue weighted by molar-refractivity contribution is 0.0931. The maximum absolute atomic E-state index is 12.5. The van der Waals surface area contributed by atoms with Crippen LogP contribution < -0.4 is 16.7 Å². The Morgan fingerprint density at radius 3 is 2.75 bits per heavy atom. The number of fused-ring (bicyclic) bond motifs is 1. The van der Waals surface area contributed by atoms with Crippen molar-refractivity contribution in [3.05, 3.63) is 44.2 Å². The quantitative estimate of drug-likeness (QED) is 0.704. The van der Waals surface area contributed by atoms with Crippen molar-refractivity contribution in [3.8, 4) is 0 Å². The fourth-order valence-corrected chi connectivity index (χ4v) is 2.90. The Balaban J connectivity index is 0.00000288. The predicted octanol–water partition coefficient (Wildman–Crippen LogP) is 3.53. The third-order valence-corrected chi connectivity index (χ3v) is 4.37. The van der Waals surface area contributed by atoms with Gasteiger partial charge in [-0.2, -0.15) is 0 Å². The fraction of sp³-hybridized carbons (Fsp3) is 0.412. The summed E-state index contributed by atoms with van der Waals surface area (Å²) in [6.07, 6.45) is 2.79. The maximum Gasteiger partial charge on any atom is 0.349 e. The first kappa shape index (κ1) is 20.7. The standard InChI is InChI=1S/C17H21BrN2O3.ClH/c1-3-4-5-12(9-19)20-16(21)15-10(2)13-8-11(18)6-7-14(13)23-17(15)22;/h6-8,12H,3-5,9,19H2,1-2H3,(H,20,21);1H. The van der Waals surface area contributed by atoms with Gasteiger partial charge < -0.3 is 15.5 Å². The predicted molar refractivity (Wildman–Crippen MR) is 102 cm³/mol. The number of benzene rings is 1. The highest BCUT2D eigenvalue weighted by Gasteiger charge is 2.20. The topological polar surface area (TPSA) is 85.3 Å². The van der Waals surface area contributed by atoms with E-state index in [9.17, 15) is 9.59 Å². The number of unbranched alkanes of at least 4 members (excludes halogenated alkanes) is 1. The monoisotopic (exact) mass is 416 g/mol. The fourth-order valence-electron chi connectivity index (χ4n) is 2.54. The van der Waals surface area contributed by atoms with Gasteiger partial charge in [-0.05, 0) is 37.1 Å². The first-order valence-corrected chi connectivity index (χ1v) is 8.51. The molecule has 0 saturated heterocycles. The van der Waals surface area contributed by atoms with Gasteiger partial charge in [0.25, 0.3) is 5.91 Å². The summed E-state index contributed by atoms with van der Waals surface area (Å²) >= 11 is 3.39. The Hall–Kier alpha value is -1.37. The first-order valence-electron chi connectivity index (χ1n) is 7.71. The van der Waals surface area contributed by atoms with Gasteiger partial charge in [-0.25, -0.2) is 4.79 Å². The second-order valence-electron chi connectivity index (χ2n) is 5.58. The lowest BCUT2D eigenvalue weighted by Crippen LogP contribution is -2.42. The zero-order valence-corrected chi connectivity index (χ0v) is 16.1. The van der Waals surface area contributed by atoms with Crippen LogP contribution in [0.5, 0.6) is 0 Å². The van der Waals surface area contributed by atoms with Gasteiger partial charge in [0.05, 0.1) is 0 Å². The Morgan fingerprint density at radius 2 is 2.12 bits per heavy atom. The number of rotatable bonds is 6. The average molecular weight is 418 g/mol. The lowest BCUT2D eigenvalue weighted by atomic mass is 10.0. The molecule has 24 heavy (non-hydrogen) atoms. The maximum atomic E-state index is 12.5. The van der Waals surface area contributed by atoms with Crippen LogP contribution in [0.4, 0.5) is 0 Å². The number of hydrogen-bond donors (Lipinski definition) is 2. The molecule has 1 heterocycles. The van der Waals surface area contributed by atoms with E-state index in [1.54, 1.807) is 19.1 Å². The third-order valence-electron chi connectivity index (χ3n) is 3.88. The zero-order valence-electron chi connectivity index (χ0n) is 13.7. The summed E-state index contributed by atoms with van der Waals surface area (Å²) in [5.41, 5.74) is 6.21. The Bertz CT molecular complexity index is 776. The minimum atomic E-state index is -0.624. The molecule has 2 rings (SSSR count). The van der Waals surface area contributed by atoms with Gasteiger partial charge in [0, 0.05) is 22.4 Å². The summed E-state index contributed by atoms with van der Waals surface area (Å²) in [7, 11) is 0. The van der Waals surface area contributed by atoms with Crippen LogP contribution in [-0.2, 0) is 0 Å². The molecule has 132 valence electrons. The normalized spacial score (nSPS) is 11.8. The van der Waals surface area contributed by atoms with Gasteiger partial charge in [-0.3, -0.25) is 4.79 Å². The minimum absolute atomic E-state index is 0. The number of carbonyl (C=O) groups excluding carboxylic acids is 1. The number of nitrogens with one attached hydrogen (secondary N) is 1. The largest absolute Gasteiger partial charge is 0.422 e. The van der Waals surface area contributed by atoms with Crippen molar-refractivity contribution >= 4 is 45.2 Å². The number of carbonyl (C=O) groups is 1. The summed E-state index contributed by atoms with van der Waals surface area (Å²) in [4.78, 5) is 24.7. The van der Waals surface area contributed by atoms with Crippen LogP contribution in [0.3, 0.4) is 0 Å². The van der Waals surface area contributed by atoms with Crippen molar-refractivity contribution < 1.29 is 9.21 Å². The van der Waals surface area contributed by atoms with Crippen LogP contribution in [0.2, 0.25) is 0 Å². The molecule has 1 aromatic heterocycles. The molecule has 1 amide bonds. The highest BCUT2D eigenvalue weighted by molar-refractivity contribution is 9.10. The molecule has 0 saturated carbocycles. The summed E-state index contributed by atoms with van der Waals surface area (Å²) in [6, 6.07) is 5.19. The lowest BCUT2D eigenvalue weighted by Gasteiger charge is -2.17. The Kier molecular flexibility index (Phi) is 7.93. The molecule has 0 fully saturated rings. The average Bonchev–Trinajstić information content (AvgIpc) is 2.52. The number of aryl methyl sites for hydroxylation is 1. The van der Waals surface area contributed by atoms with Gasteiger partial charge in [0.2, 0.25) is 0 Å². The molecule has 7 heteroatoms. The van der Waals surface area contributed by atoms with E-state index in [0.717, 1.165) is 29.1 Å². The number of amides is 1. The molecule has 1 aromatic carbocycles. The highest BCUT2D eigenvalue weighted by atomic mass is 79.9. The van der Waals surface area contributed by atoms with E-state index < -0.39 is 11.5 Å². The minimum Gasteiger partial charge on any atom is -0.422 e. The van der Waals surface area contributed by atoms with E-state index in [2.05, 4.69) is 28.2 Å². The summed E-state index contributed by atoms with van der Waals surface area (Å²) < 4.78 is 6.14. The van der Waals surface area contributed by atoms with Gasteiger partial charge >= 0.3 is 5.63 Å². The second-order valence-corrected chi connectivity index (χ2v) is 6.49. The van der Waals surface area contributed by atoms with Crippen LogP contribution in [0.1, 0.15) is 42.1 Å². The van der Waals surface area contributed by atoms with Gasteiger partial charge in [-0.15, -0.1) is 12.4 Å². The summed E-state index contributed by atoms with van der Waals surface area (Å²) in [6.45, 7) is 4.18. The molecular formula is C17H22BrClN2O3. The van der Waals surface area contributed by atoms with Crippen molar-refractivity contribution in [2.45, 2.75) is 39.2 Å². The highest BCUT2D eigenvalue weighted by Crippen LogP contribution is 2.23. The van der Waals surface area contributed by atoms with Crippen molar-refractivity contribution in [3.63, 3.8) is 0 Å². The van der Waals surface area contributed by atoms with Crippen LogP contribution in [0.25, 0.3) is 11.0 Å². The zero-order chi connectivity index (χ0) is 17.0. The first-order chi connectivity index (χ1) is 11.0. The summed E-state index contributed by atoms with van der Waals surface area (Å²) in [5.74, 6) is -0.426. The van der Waals surface area contributed by atoms with E-state index in [4.69, 9.17) is 10.2 Å². The molecule has 0 bridgehead atoms. The molecule has 0 aliphatic rings. The van der Waals surface area contributed by atoms with Crippen LogP contribution in [0, 0.1) is 6.92 Å².